The maximum absolute atomic E-state index is 14.0. The van der Waals surface area contributed by atoms with E-state index >= 15 is 0 Å². The second-order valence-electron chi connectivity index (χ2n) is 5.19. The molecule has 1 fully saturated rings. The second kappa shape index (κ2) is 6.68. The van der Waals surface area contributed by atoms with Gasteiger partial charge in [-0.2, -0.15) is 0 Å². The molecule has 1 aliphatic rings. The van der Waals surface area contributed by atoms with Crippen LogP contribution >= 0.6 is 15.9 Å². The number of carbonyl (C=O) groups is 1. The van der Waals surface area contributed by atoms with Crippen molar-refractivity contribution in [1.29, 1.82) is 0 Å². The van der Waals surface area contributed by atoms with Gasteiger partial charge in [0.15, 0.2) is 0 Å². The molecule has 0 heterocycles. The minimum absolute atomic E-state index is 0.122. The van der Waals surface area contributed by atoms with Crippen molar-refractivity contribution in [3.8, 4) is 0 Å². The van der Waals surface area contributed by atoms with E-state index in [-0.39, 0.29) is 17.5 Å². The number of halogens is 2. The van der Waals surface area contributed by atoms with E-state index in [1.54, 1.807) is 18.1 Å². The maximum atomic E-state index is 14.0. The number of rotatable bonds is 6. The molecule has 0 bridgehead atoms. The average molecular weight is 344 g/mol. The van der Waals surface area contributed by atoms with Crippen molar-refractivity contribution in [3.05, 3.63) is 34.1 Å². The van der Waals surface area contributed by atoms with E-state index in [2.05, 4.69) is 15.9 Å². The van der Waals surface area contributed by atoms with Crippen LogP contribution in [0.3, 0.4) is 0 Å². The average Bonchev–Trinajstić information content (AvgIpc) is 3.22. The first-order chi connectivity index (χ1) is 9.54. The Morgan fingerprint density at radius 1 is 1.55 bits per heavy atom. The van der Waals surface area contributed by atoms with Crippen LogP contribution in [0.1, 0.15) is 30.1 Å². The van der Waals surface area contributed by atoms with Crippen LogP contribution in [0.5, 0.6) is 0 Å². The van der Waals surface area contributed by atoms with Crippen molar-refractivity contribution in [2.24, 2.45) is 5.92 Å². The highest BCUT2D eigenvalue weighted by molar-refractivity contribution is 9.10. The summed E-state index contributed by atoms with van der Waals surface area (Å²) in [5.74, 6) is -0.212. The lowest BCUT2D eigenvalue weighted by Gasteiger charge is -2.29. The molecule has 1 aromatic rings. The van der Waals surface area contributed by atoms with Gasteiger partial charge in [-0.05, 0) is 43.9 Å². The van der Waals surface area contributed by atoms with Gasteiger partial charge in [-0.3, -0.25) is 4.79 Å². The third-order valence-corrected chi connectivity index (χ3v) is 4.25. The van der Waals surface area contributed by atoms with Crippen LogP contribution in [0.4, 0.5) is 4.39 Å². The lowest BCUT2D eigenvalue weighted by atomic mass is 10.1. The van der Waals surface area contributed by atoms with Crippen molar-refractivity contribution in [2.75, 3.05) is 20.3 Å². The SMILES string of the molecule is COCCN(C(=O)c1ccc(Br)cc1F)C(C)C1CC1. The minimum atomic E-state index is -0.491. The van der Waals surface area contributed by atoms with E-state index < -0.39 is 5.82 Å². The molecule has 1 aromatic carbocycles. The molecule has 1 unspecified atom stereocenters. The molecule has 0 spiro atoms. The van der Waals surface area contributed by atoms with Crippen LogP contribution in [0.2, 0.25) is 0 Å². The number of hydrogen-bond donors (Lipinski definition) is 0. The van der Waals surface area contributed by atoms with E-state index in [1.165, 1.54) is 12.1 Å². The lowest BCUT2D eigenvalue weighted by molar-refractivity contribution is 0.0590. The van der Waals surface area contributed by atoms with E-state index in [9.17, 15) is 9.18 Å². The Balaban J connectivity index is 2.20. The Labute approximate surface area is 127 Å². The standard InChI is InChI=1S/C15H19BrFNO2/c1-10(11-3-4-11)18(7-8-20-2)15(19)13-6-5-12(16)9-14(13)17/h5-6,9-11H,3-4,7-8H2,1-2H3. The van der Waals surface area contributed by atoms with Gasteiger partial charge in [0.25, 0.3) is 5.91 Å². The molecule has 0 aromatic heterocycles. The summed E-state index contributed by atoms with van der Waals surface area (Å²) in [5.41, 5.74) is 0.122. The van der Waals surface area contributed by atoms with Crippen LogP contribution < -0.4 is 0 Å². The molecule has 3 nitrogen and oxygen atoms in total. The highest BCUT2D eigenvalue weighted by Gasteiger charge is 2.35. The summed E-state index contributed by atoms with van der Waals surface area (Å²) in [6.07, 6.45) is 2.28. The number of benzene rings is 1. The summed E-state index contributed by atoms with van der Waals surface area (Å²) in [4.78, 5) is 14.3. The molecule has 1 aliphatic carbocycles. The van der Waals surface area contributed by atoms with Crippen molar-refractivity contribution in [1.82, 2.24) is 4.90 Å². The molecule has 0 N–H and O–H groups in total. The minimum Gasteiger partial charge on any atom is -0.383 e. The van der Waals surface area contributed by atoms with Crippen molar-refractivity contribution in [2.45, 2.75) is 25.8 Å². The molecule has 5 heteroatoms. The van der Waals surface area contributed by atoms with E-state index in [4.69, 9.17) is 4.74 Å². The first kappa shape index (κ1) is 15.4. The fourth-order valence-electron chi connectivity index (χ4n) is 2.33. The summed E-state index contributed by atoms with van der Waals surface area (Å²) in [5, 5.41) is 0. The normalized spacial score (nSPS) is 16.0. The van der Waals surface area contributed by atoms with Gasteiger partial charge in [0.05, 0.1) is 12.2 Å². The van der Waals surface area contributed by atoms with Crippen molar-refractivity contribution < 1.29 is 13.9 Å². The lowest BCUT2D eigenvalue weighted by Crippen LogP contribution is -2.42. The maximum Gasteiger partial charge on any atom is 0.257 e. The van der Waals surface area contributed by atoms with Gasteiger partial charge in [0.2, 0.25) is 0 Å². The van der Waals surface area contributed by atoms with E-state index in [0.29, 0.717) is 23.5 Å². The number of hydrogen-bond acceptors (Lipinski definition) is 2. The zero-order valence-corrected chi connectivity index (χ0v) is 13.3. The smallest absolute Gasteiger partial charge is 0.257 e. The van der Waals surface area contributed by atoms with Gasteiger partial charge in [-0.15, -0.1) is 0 Å². The largest absolute Gasteiger partial charge is 0.383 e. The summed E-state index contributed by atoms with van der Waals surface area (Å²) < 4.78 is 19.6. The molecule has 110 valence electrons. The third kappa shape index (κ3) is 3.58. The molecule has 0 aliphatic heterocycles. The zero-order valence-electron chi connectivity index (χ0n) is 11.7. The predicted molar refractivity (Wildman–Crippen MR) is 79.2 cm³/mol. The molecule has 1 amide bonds. The van der Waals surface area contributed by atoms with Crippen LogP contribution in [0.25, 0.3) is 0 Å². The number of nitrogens with zero attached hydrogens (tertiary/aromatic N) is 1. The fourth-order valence-corrected chi connectivity index (χ4v) is 2.66. The summed E-state index contributed by atoms with van der Waals surface area (Å²) in [6.45, 7) is 2.98. The van der Waals surface area contributed by atoms with Gasteiger partial charge in [0.1, 0.15) is 5.82 Å². The topological polar surface area (TPSA) is 29.5 Å². The molecule has 20 heavy (non-hydrogen) atoms. The van der Waals surface area contributed by atoms with Gasteiger partial charge in [0, 0.05) is 24.2 Å². The van der Waals surface area contributed by atoms with Crippen molar-refractivity contribution >= 4 is 21.8 Å². The van der Waals surface area contributed by atoms with Gasteiger partial charge < -0.3 is 9.64 Å². The quantitative estimate of drug-likeness (QED) is 0.791. The molecule has 2 rings (SSSR count). The Morgan fingerprint density at radius 2 is 2.25 bits per heavy atom. The van der Waals surface area contributed by atoms with Crippen LogP contribution in [0.15, 0.2) is 22.7 Å². The summed E-state index contributed by atoms with van der Waals surface area (Å²) in [6, 6.07) is 4.66. The number of carbonyl (C=O) groups excluding carboxylic acids is 1. The highest BCUT2D eigenvalue weighted by Crippen LogP contribution is 2.35. The Hall–Kier alpha value is -0.940. The monoisotopic (exact) mass is 343 g/mol. The first-order valence-corrected chi connectivity index (χ1v) is 7.59. The first-order valence-electron chi connectivity index (χ1n) is 6.79. The van der Waals surface area contributed by atoms with Crippen LogP contribution in [-0.2, 0) is 4.74 Å². The number of amides is 1. The molecule has 0 saturated heterocycles. The third-order valence-electron chi connectivity index (χ3n) is 3.75. The van der Waals surface area contributed by atoms with Crippen LogP contribution in [-0.4, -0.2) is 37.1 Å². The van der Waals surface area contributed by atoms with Gasteiger partial charge in [-0.25, -0.2) is 4.39 Å². The molecular formula is C15H19BrFNO2. The van der Waals surface area contributed by atoms with E-state index in [0.717, 1.165) is 12.8 Å². The Morgan fingerprint density at radius 3 is 2.80 bits per heavy atom. The molecule has 1 atom stereocenters. The van der Waals surface area contributed by atoms with Gasteiger partial charge >= 0.3 is 0 Å². The molecule has 1 saturated carbocycles. The predicted octanol–water partition coefficient (Wildman–Crippen LogP) is 3.48. The summed E-state index contributed by atoms with van der Waals surface area (Å²) in [7, 11) is 1.60. The van der Waals surface area contributed by atoms with Crippen LogP contribution in [0, 0.1) is 11.7 Å². The Kier molecular flexibility index (Phi) is 5.16. The Bertz CT molecular complexity index is 491. The zero-order chi connectivity index (χ0) is 14.7. The van der Waals surface area contributed by atoms with E-state index in [1.807, 2.05) is 6.92 Å². The van der Waals surface area contributed by atoms with Crippen molar-refractivity contribution in [3.63, 3.8) is 0 Å². The summed E-state index contributed by atoms with van der Waals surface area (Å²) >= 11 is 3.20. The fraction of sp³-hybridized carbons (Fsp3) is 0.533. The highest BCUT2D eigenvalue weighted by atomic mass is 79.9. The molecule has 0 radical (unpaired) electrons. The second-order valence-corrected chi connectivity index (χ2v) is 6.11. The van der Waals surface area contributed by atoms with Gasteiger partial charge in [-0.1, -0.05) is 15.9 Å². The molecular weight excluding hydrogens is 325 g/mol. The number of ether oxygens (including phenoxy) is 1. The number of methoxy groups -OCH3 is 1.